The standard InChI is InChI=1S/C11H20N2O7/c1-4-7(13-10(18)6(16)3-14)9(17)8(11(19)20-4)12-5(2)15/h4,6-9,11,14,16-17,19H,3H2,1-2H3,(H,12,15)(H,13,18)/t4-,6-,7-,8-,9+,11-/m1/s1. The molecule has 0 aromatic carbocycles. The van der Waals surface area contributed by atoms with Crippen LogP contribution in [0.3, 0.4) is 0 Å². The van der Waals surface area contributed by atoms with Gasteiger partial charge in [0, 0.05) is 6.92 Å². The molecule has 9 nitrogen and oxygen atoms in total. The molecular weight excluding hydrogens is 272 g/mol. The Hall–Kier alpha value is -1.26. The van der Waals surface area contributed by atoms with Crippen LogP contribution in [0.25, 0.3) is 0 Å². The summed E-state index contributed by atoms with van der Waals surface area (Å²) < 4.78 is 5.12. The van der Waals surface area contributed by atoms with Crippen molar-refractivity contribution in [1.82, 2.24) is 10.6 Å². The maximum atomic E-state index is 11.5. The van der Waals surface area contributed by atoms with Crippen LogP contribution in [0.1, 0.15) is 13.8 Å². The topological polar surface area (TPSA) is 148 Å². The second-order valence-corrected chi connectivity index (χ2v) is 4.68. The zero-order valence-electron chi connectivity index (χ0n) is 11.2. The quantitative estimate of drug-likeness (QED) is 0.314. The molecule has 1 saturated heterocycles. The fourth-order valence-electron chi connectivity index (χ4n) is 2.00. The molecule has 0 saturated carbocycles. The fraction of sp³-hybridized carbons (Fsp3) is 0.818. The Morgan fingerprint density at radius 2 is 1.85 bits per heavy atom. The lowest BCUT2D eigenvalue weighted by Gasteiger charge is -2.42. The molecule has 0 bridgehead atoms. The molecule has 2 amide bonds. The minimum Gasteiger partial charge on any atom is -0.393 e. The average Bonchev–Trinajstić information content (AvgIpc) is 2.37. The van der Waals surface area contributed by atoms with E-state index in [0.29, 0.717) is 0 Å². The van der Waals surface area contributed by atoms with Crippen molar-refractivity contribution in [3.63, 3.8) is 0 Å². The normalized spacial score (nSPS) is 35.2. The summed E-state index contributed by atoms with van der Waals surface area (Å²) in [6.07, 6.45) is -5.10. The SMILES string of the molecule is CC(=O)N[C@@H]1[C@@H](O)[C@H](NC(=O)[C@H](O)CO)[C@@H](C)O[C@H]1O. The lowest BCUT2D eigenvalue weighted by molar-refractivity contribution is -0.215. The zero-order valence-corrected chi connectivity index (χ0v) is 11.2. The van der Waals surface area contributed by atoms with E-state index in [1.165, 1.54) is 13.8 Å². The predicted molar refractivity (Wildman–Crippen MR) is 65.2 cm³/mol. The monoisotopic (exact) mass is 292 g/mol. The van der Waals surface area contributed by atoms with Crippen LogP contribution in [0.15, 0.2) is 0 Å². The number of carbonyl (C=O) groups is 2. The van der Waals surface area contributed by atoms with Gasteiger partial charge in [0.1, 0.15) is 12.1 Å². The van der Waals surface area contributed by atoms with Gasteiger partial charge in [0.2, 0.25) is 5.91 Å². The number of aliphatic hydroxyl groups is 4. The number of nitrogens with one attached hydrogen (secondary N) is 2. The molecule has 0 radical (unpaired) electrons. The molecule has 0 unspecified atom stereocenters. The van der Waals surface area contributed by atoms with Gasteiger partial charge < -0.3 is 35.8 Å². The van der Waals surface area contributed by atoms with Gasteiger partial charge in [0.05, 0.1) is 18.8 Å². The van der Waals surface area contributed by atoms with Gasteiger partial charge in [-0.05, 0) is 6.92 Å². The highest BCUT2D eigenvalue weighted by molar-refractivity contribution is 5.81. The summed E-state index contributed by atoms with van der Waals surface area (Å²) in [7, 11) is 0. The fourth-order valence-corrected chi connectivity index (χ4v) is 2.00. The van der Waals surface area contributed by atoms with E-state index in [1.54, 1.807) is 0 Å². The van der Waals surface area contributed by atoms with Crippen LogP contribution in [-0.4, -0.2) is 75.5 Å². The minimum absolute atomic E-state index is 0.480. The van der Waals surface area contributed by atoms with Gasteiger partial charge in [-0.15, -0.1) is 0 Å². The van der Waals surface area contributed by atoms with Crippen LogP contribution < -0.4 is 10.6 Å². The van der Waals surface area contributed by atoms with E-state index >= 15 is 0 Å². The molecule has 1 aliphatic rings. The van der Waals surface area contributed by atoms with Gasteiger partial charge in [-0.3, -0.25) is 9.59 Å². The summed E-state index contributed by atoms with van der Waals surface area (Å²) >= 11 is 0. The lowest BCUT2D eigenvalue weighted by Crippen LogP contribution is -2.67. The van der Waals surface area contributed by atoms with Gasteiger partial charge in [0.25, 0.3) is 5.91 Å². The van der Waals surface area contributed by atoms with Gasteiger partial charge in [-0.25, -0.2) is 0 Å². The maximum Gasteiger partial charge on any atom is 0.251 e. The van der Waals surface area contributed by atoms with E-state index in [2.05, 4.69) is 10.6 Å². The Bertz CT molecular complexity index is 365. The number of aliphatic hydroxyl groups excluding tert-OH is 4. The third-order valence-electron chi connectivity index (χ3n) is 3.06. The minimum atomic E-state index is -1.62. The largest absolute Gasteiger partial charge is 0.393 e. The molecule has 0 aromatic rings. The number of carbonyl (C=O) groups excluding carboxylic acids is 2. The molecule has 1 aliphatic heterocycles. The highest BCUT2D eigenvalue weighted by Crippen LogP contribution is 2.19. The maximum absolute atomic E-state index is 11.5. The first kappa shape index (κ1) is 16.8. The van der Waals surface area contributed by atoms with Gasteiger partial charge in [-0.1, -0.05) is 0 Å². The third-order valence-corrected chi connectivity index (χ3v) is 3.06. The zero-order chi connectivity index (χ0) is 15.4. The van der Waals surface area contributed by atoms with Gasteiger partial charge in [0.15, 0.2) is 12.4 Å². The predicted octanol–water partition coefficient (Wildman–Crippen LogP) is -3.57. The van der Waals surface area contributed by atoms with Gasteiger partial charge in [-0.2, -0.15) is 0 Å². The van der Waals surface area contributed by atoms with Crippen LogP contribution in [0.4, 0.5) is 0 Å². The van der Waals surface area contributed by atoms with Crippen molar-refractivity contribution in [2.45, 2.75) is 50.5 Å². The van der Waals surface area contributed by atoms with E-state index in [4.69, 9.17) is 9.84 Å². The van der Waals surface area contributed by atoms with Gasteiger partial charge >= 0.3 is 0 Å². The van der Waals surface area contributed by atoms with E-state index in [0.717, 1.165) is 0 Å². The Kier molecular flexibility index (Phi) is 5.84. The van der Waals surface area contributed by atoms with E-state index in [-0.39, 0.29) is 0 Å². The first-order valence-electron chi connectivity index (χ1n) is 6.16. The Balaban J connectivity index is 2.78. The highest BCUT2D eigenvalue weighted by Gasteiger charge is 2.44. The lowest BCUT2D eigenvalue weighted by atomic mass is 9.94. The Morgan fingerprint density at radius 1 is 1.25 bits per heavy atom. The smallest absolute Gasteiger partial charge is 0.251 e. The molecule has 116 valence electrons. The number of rotatable bonds is 4. The molecule has 20 heavy (non-hydrogen) atoms. The van der Waals surface area contributed by atoms with Crippen molar-refractivity contribution in [3.05, 3.63) is 0 Å². The Morgan fingerprint density at radius 3 is 2.35 bits per heavy atom. The summed E-state index contributed by atoms with van der Waals surface area (Å²) in [5, 5.41) is 42.3. The van der Waals surface area contributed by atoms with Crippen LogP contribution >= 0.6 is 0 Å². The summed E-state index contributed by atoms with van der Waals surface area (Å²) in [6, 6.07) is -2.07. The average molecular weight is 292 g/mol. The third kappa shape index (κ3) is 3.87. The first-order valence-corrected chi connectivity index (χ1v) is 6.16. The van der Waals surface area contributed by atoms with Crippen LogP contribution in [0, 0.1) is 0 Å². The molecule has 6 N–H and O–H groups in total. The molecule has 1 heterocycles. The molecular formula is C11H20N2O7. The number of hydrogen-bond donors (Lipinski definition) is 6. The first-order chi connectivity index (χ1) is 9.27. The summed E-state index contributed by atoms with van der Waals surface area (Å²) in [4.78, 5) is 22.5. The highest BCUT2D eigenvalue weighted by atomic mass is 16.6. The van der Waals surface area contributed by atoms with Crippen molar-refractivity contribution in [2.75, 3.05) is 6.61 Å². The Labute approximate surface area is 115 Å². The van der Waals surface area contributed by atoms with Crippen molar-refractivity contribution >= 4 is 11.8 Å². The summed E-state index contributed by atoms with van der Waals surface area (Å²) in [5.74, 6) is -1.36. The molecule has 1 fully saturated rings. The molecule has 0 aromatic heterocycles. The van der Waals surface area contributed by atoms with E-state index < -0.39 is 55.1 Å². The molecule has 6 atom stereocenters. The number of ether oxygens (including phenoxy) is 1. The summed E-state index contributed by atoms with van der Waals surface area (Å²) in [5.41, 5.74) is 0. The number of amides is 2. The second-order valence-electron chi connectivity index (χ2n) is 4.68. The van der Waals surface area contributed by atoms with Crippen molar-refractivity contribution < 1.29 is 34.8 Å². The number of hydrogen-bond acceptors (Lipinski definition) is 7. The van der Waals surface area contributed by atoms with Crippen LogP contribution in [0.5, 0.6) is 0 Å². The summed E-state index contributed by atoms with van der Waals surface area (Å²) in [6.45, 7) is 1.95. The van der Waals surface area contributed by atoms with Crippen LogP contribution in [0.2, 0.25) is 0 Å². The molecule has 9 heteroatoms. The molecule has 1 rings (SSSR count). The van der Waals surface area contributed by atoms with Crippen molar-refractivity contribution in [2.24, 2.45) is 0 Å². The van der Waals surface area contributed by atoms with E-state index in [9.17, 15) is 24.9 Å². The molecule has 0 aliphatic carbocycles. The van der Waals surface area contributed by atoms with Crippen molar-refractivity contribution in [3.8, 4) is 0 Å². The van der Waals surface area contributed by atoms with E-state index in [1.807, 2.05) is 0 Å². The van der Waals surface area contributed by atoms with Crippen LogP contribution in [-0.2, 0) is 14.3 Å². The second kappa shape index (κ2) is 6.95. The van der Waals surface area contributed by atoms with Crippen molar-refractivity contribution in [1.29, 1.82) is 0 Å². The molecule has 0 spiro atoms.